The number of methoxy groups -OCH3 is 1. The number of ether oxygens (including phenoxy) is 1. The van der Waals surface area contributed by atoms with Crippen molar-refractivity contribution in [2.75, 3.05) is 13.7 Å². The van der Waals surface area contributed by atoms with E-state index in [1.54, 1.807) is 7.11 Å². The second kappa shape index (κ2) is 6.93. The standard InChI is InChI=1S/C18H21N3O3S/c1-11-7-14(13(3)21(11)5-6-24-4)16(22)9-20-10-19-17-15(18(20)23)8-12(2)25-17/h7-8,10H,5-6,9H2,1-4H3. The van der Waals surface area contributed by atoms with E-state index >= 15 is 0 Å². The molecular formula is C18H21N3O3S. The van der Waals surface area contributed by atoms with Crippen molar-refractivity contribution in [1.29, 1.82) is 0 Å². The molecule has 7 heteroatoms. The Kier molecular flexibility index (Phi) is 4.87. The molecule has 0 spiro atoms. The maximum absolute atomic E-state index is 12.7. The van der Waals surface area contributed by atoms with Gasteiger partial charge in [0.1, 0.15) is 4.83 Å². The van der Waals surface area contributed by atoms with Crippen molar-refractivity contribution in [3.05, 3.63) is 50.6 Å². The Morgan fingerprint density at radius 3 is 2.76 bits per heavy atom. The van der Waals surface area contributed by atoms with E-state index in [0.29, 0.717) is 28.9 Å². The molecule has 0 bridgehead atoms. The fraction of sp³-hybridized carbons (Fsp3) is 0.389. The SMILES string of the molecule is COCCn1c(C)cc(C(=O)Cn2cnc3sc(C)cc3c2=O)c1C. The lowest BCUT2D eigenvalue weighted by Crippen LogP contribution is -2.24. The van der Waals surface area contributed by atoms with Gasteiger partial charge in [0.2, 0.25) is 0 Å². The summed E-state index contributed by atoms with van der Waals surface area (Å²) in [6, 6.07) is 3.70. The summed E-state index contributed by atoms with van der Waals surface area (Å²) in [7, 11) is 1.65. The predicted molar refractivity (Wildman–Crippen MR) is 98.7 cm³/mol. The molecule has 132 valence electrons. The van der Waals surface area contributed by atoms with Gasteiger partial charge >= 0.3 is 0 Å². The fourth-order valence-corrected chi connectivity index (χ4v) is 3.88. The molecule has 0 aromatic carbocycles. The number of carbonyl (C=O) groups excluding carboxylic acids is 1. The number of hydrogen-bond donors (Lipinski definition) is 0. The lowest BCUT2D eigenvalue weighted by molar-refractivity contribution is 0.0969. The summed E-state index contributed by atoms with van der Waals surface area (Å²) < 4.78 is 8.57. The molecule has 0 aliphatic carbocycles. The first-order valence-corrected chi connectivity index (χ1v) is 8.88. The van der Waals surface area contributed by atoms with Crippen LogP contribution in [0.25, 0.3) is 10.2 Å². The highest BCUT2D eigenvalue weighted by Crippen LogP contribution is 2.20. The Balaban J connectivity index is 1.90. The molecule has 0 radical (unpaired) electrons. The number of aromatic nitrogens is 3. The molecule has 0 unspecified atom stereocenters. The van der Waals surface area contributed by atoms with Crippen LogP contribution in [0.5, 0.6) is 0 Å². The Morgan fingerprint density at radius 1 is 1.28 bits per heavy atom. The third-order valence-corrected chi connectivity index (χ3v) is 5.31. The van der Waals surface area contributed by atoms with E-state index in [1.165, 1.54) is 22.2 Å². The Labute approximate surface area is 149 Å². The number of rotatable bonds is 6. The summed E-state index contributed by atoms with van der Waals surface area (Å²) in [6.07, 6.45) is 1.46. The van der Waals surface area contributed by atoms with Crippen molar-refractivity contribution >= 4 is 27.3 Å². The zero-order valence-electron chi connectivity index (χ0n) is 14.8. The van der Waals surface area contributed by atoms with Gasteiger partial charge < -0.3 is 9.30 Å². The van der Waals surface area contributed by atoms with Crippen molar-refractivity contribution in [2.45, 2.75) is 33.9 Å². The maximum atomic E-state index is 12.7. The summed E-state index contributed by atoms with van der Waals surface area (Å²) in [5.41, 5.74) is 2.37. The molecule has 0 amide bonds. The molecule has 0 aliphatic rings. The minimum atomic E-state index is -0.170. The van der Waals surface area contributed by atoms with E-state index in [9.17, 15) is 9.59 Å². The van der Waals surface area contributed by atoms with Gasteiger partial charge in [-0.05, 0) is 32.9 Å². The first kappa shape index (κ1) is 17.6. The van der Waals surface area contributed by atoms with Crippen LogP contribution in [0.4, 0.5) is 0 Å². The average Bonchev–Trinajstić information content (AvgIpc) is 3.08. The van der Waals surface area contributed by atoms with Crippen LogP contribution >= 0.6 is 11.3 Å². The van der Waals surface area contributed by atoms with E-state index in [1.807, 2.05) is 32.9 Å². The summed E-state index contributed by atoms with van der Waals surface area (Å²) in [5, 5.41) is 0.573. The number of Topliss-reactive ketones (excluding diaryl/α,β-unsaturated/α-hetero) is 1. The first-order valence-electron chi connectivity index (χ1n) is 8.06. The number of fused-ring (bicyclic) bond motifs is 1. The molecule has 0 saturated carbocycles. The third-order valence-electron chi connectivity index (χ3n) is 4.35. The second-order valence-corrected chi connectivity index (χ2v) is 7.34. The van der Waals surface area contributed by atoms with Crippen molar-refractivity contribution in [1.82, 2.24) is 14.1 Å². The summed E-state index contributed by atoms with van der Waals surface area (Å²) in [4.78, 5) is 31.3. The monoisotopic (exact) mass is 359 g/mol. The third kappa shape index (κ3) is 3.29. The second-order valence-electron chi connectivity index (χ2n) is 6.11. The van der Waals surface area contributed by atoms with Gasteiger partial charge in [-0.2, -0.15) is 0 Å². The normalized spacial score (nSPS) is 11.4. The predicted octanol–water partition coefficient (Wildman–Crippen LogP) is 2.71. The molecule has 6 nitrogen and oxygen atoms in total. The van der Waals surface area contributed by atoms with Gasteiger partial charge in [0, 0.05) is 35.5 Å². The van der Waals surface area contributed by atoms with Crippen LogP contribution < -0.4 is 5.56 Å². The van der Waals surface area contributed by atoms with E-state index in [0.717, 1.165) is 16.3 Å². The Hall–Kier alpha value is -2.25. The lowest BCUT2D eigenvalue weighted by atomic mass is 10.1. The van der Waals surface area contributed by atoms with Crippen LogP contribution in [0.3, 0.4) is 0 Å². The molecule has 0 atom stereocenters. The maximum Gasteiger partial charge on any atom is 0.262 e. The van der Waals surface area contributed by atoms with Gasteiger partial charge in [0.15, 0.2) is 5.78 Å². The van der Waals surface area contributed by atoms with E-state index < -0.39 is 0 Å². The topological polar surface area (TPSA) is 66.1 Å². The molecule has 0 fully saturated rings. The smallest absolute Gasteiger partial charge is 0.262 e. The molecule has 3 heterocycles. The van der Waals surface area contributed by atoms with Gasteiger partial charge in [-0.3, -0.25) is 14.2 Å². The summed E-state index contributed by atoms with van der Waals surface area (Å²) in [5.74, 6) is -0.0908. The zero-order valence-corrected chi connectivity index (χ0v) is 15.6. The van der Waals surface area contributed by atoms with Crippen molar-refractivity contribution in [3.8, 4) is 0 Å². The van der Waals surface area contributed by atoms with Crippen molar-refractivity contribution in [2.24, 2.45) is 0 Å². The number of aryl methyl sites for hydroxylation is 2. The Morgan fingerprint density at radius 2 is 2.04 bits per heavy atom. The largest absolute Gasteiger partial charge is 0.383 e. The van der Waals surface area contributed by atoms with E-state index in [2.05, 4.69) is 9.55 Å². The quantitative estimate of drug-likeness (QED) is 0.635. The van der Waals surface area contributed by atoms with E-state index in [4.69, 9.17) is 4.74 Å². The van der Waals surface area contributed by atoms with Crippen LogP contribution in [-0.4, -0.2) is 33.6 Å². The van der Waals surface area contributed by atoms with Crippen LogP contribution in [0.2, 0.25) is 0 Å². The van der Waals surface area contributed by atoms with Gasteiger partial charge in [-0.15, -0.1) is 11.3 Å². The number of nitrogens with zero attached hydrogens (tertiary/aromatic N) is 3. The minimum absolute atomic E-state index is 0.00869. The summed E-state index contributed by atoms with van der Waals surface area (Å²) >= 11 is 1.48. The Bertz CT molecular complexity index is 997. The highest BCUT2D eigenvalue weighted by Gasteiger charge is 2.17. The molecule has 3 aromatic heterocycles. The average molecular weight is 359 g/mol. The highest BCUT2D eigenvalue weighted by atomic mass is 32.1. The highest BCUT2D eigenvalue weighted by molar-refractivity contribution is 7.18. The van der Waals surface area contributed by atoms with Gasteiger partial charge in [0.25, 0.3) is 5.56 Å². The molecule has 3 rings (SSSR count). The number of carbonyl (C=O) groups is 1. The number of hydrogen-bond acceptors (Lipinski definition) is 5. The lowest BCUT2D eigenvalue weighted by Gasteiger charge is -2.09. The van der Waals surface area contributed by atoms with Gasteiger partial charge in [-0.25, -0.2) is 4.98 Å². The van der Waals surface area contributed by atoms with Crippen molar-refractivity contribution < 1.29 is 9.53 Å². The molecule has 0 aliphatic heterocycles. The van der Waals surface area contributed by atoms with Crippen LogP contribution in [0, 0.1) is 20.8 Å². The fourth-order valence-electron chi connectivity index (χ4n) is 3.04. The molecule has 25 heavy (non-hydrogen) atoms. The van der Waals surface area contributed by atoms with E-state index in [-0.39, 0.29) is 17.9 Å². The number of ketones is 1. The van der Waals surface area contributed by atoms with Gasteiger partial charge in [0.05, 0.1) is 24.9 Å². The molecule has 3 aromatic rings. The number of thiophene rings is 1. The summed E-state index contributed by atoms with van der Waals surface area (Å²) in [6.45, 7) is 7.10. The minimum Gasteiger partial charge on any atom is -0.383 e. The van der Waals surface area contributed by atoms with Crippen molar-refractivity contribution in [3.63, 3.8) is 0 Å². The van der Waals surface area contributed by atoms with Gasteiger partial charge in [-0.1, -0.05) is 0 Å². The zero-order chi connectivity index (χ0) is 18.1. The molecule has 0 saturated heterocycles. The molecular weight excluding hydrogens is 338 g/mol. The first-order chi connectivity index (χ1) is 11.9. The van der Waals surface area contributed by atoms with Crippen LogP contribution in [0.1, 0.15) is 26.6 Å². The van der Waals surface area contributed by atoms with Crippen LogP contribution in [0.15, 0.2) is 23.3 Å². The van der Waals surface area contributed by atoms with Crippen LogP contribution in [-0.2, 0) is 17.8 Å². The molecule has 0 N–H and O–H groups in total.